The van der Waals surface area contributed by atoms with E-state index in [1.807, 2.05) is 6.92 Å². The minimum Gasteiger partial charge on any atom is -0.488 e. The summed E-state index contributed by atoms with van der Waals surface area (Å²) >= 11 is 0. The second-order valence-corrected chi connectivity index (χ2v) is 5.27. The van der Waals surface area contributed by atoms with Crippen LogP contribution in [0.5, 0.6) is 11.6 Å². The van der Waals surface area contributed by atoms with Crippen LogP contribution in [0.1, 0.15) is 12.5 Å². The Labute approximate surface area is 101 Å². The summed E-state index contributed by atoms with van der Waals surface area (Å²) in [6.45, 7) is 2.33. The smallest absolute Gasteiger partial charge is 0.256 e. The molecule has 94 valence electrons. The van der Waals surface area contributed by atoms with Crippen molar-refractivity contribution < 1.29 is 17.9 Å². The lowest BCUT2D eigenvalue weighted by Gasteiger charge is -2.08. The number of rotatable bonds is 5. The summed E-state index contributed by atoms with van der Waals surface area (Å²) in [7, 11) is -1.65. The minimum atomic E-state index is -3.14. The molecular formula is C11H15NO4S. The number of ether oxygens (including phenoxy) is 2. The summed E-state index contributed by atoms with van der Waals surface area (Å²) in [5, 5.41) is 1.12. The summed E-state index contributed by atoms with van der Waals surface area (Å²) < 4.78 is 32.3. The highest BCUT2D eigenvalue weighted by atomic mass is 32.2. The molecule has 0 saturated heterocycles. The van der Waals surface area contributed by atoms with Gasteiger partial charge in [0.15, 0.2) is 15.6 Å². The summed E-state index contributed by atoms with van der Waals surface area (Å²) in [5.74, 6) is 0.869. The molecule has 1 heterocycles. The van der Waals surface area contributed by atoms with Gasteiger partial charge in [0.05, 0.1) is 13.7 Å². The van der Waals surface area contributed by atoms with E-state index in [1.54, 1.807) is 6.07 Å². The van der Waals surface area contributed by atoms with Crippen LogP contribution >= 0.6 is 0 Å². The van der Waals surface area contributed by atoms with Gasteiger partial charge in [0.2, 0.25) is 0 Å². The first-order chi connectivity index (χ1) is 7.96. The summed E-state index contributed by atoms with van der Waals surface area (Å²) in [4.78, 5) is 4.02. The van der Waals surface area contributed by atoms with Crippen molar-refractivity contribution in [1.82, 2.24) is 4.98 Å². The molecule has 0 amide bonds. The Kier molecular flexibility index (Phi) is 4.51. The molecule has 6 heteroatoms. The average molecular weight is 257 g/mol. The standard InChI is InChI=1S/C11H15NO4S/c1-4-16-10-7-9(5-6-17(3,13)14)8-12-11(10)15-2/h5-8H,4H2,1-3H3. The molecule has 0 spiro atoms. The van der Waals surface area contributed by atoms with Gasteiger partial charge >= 0.3 is 0 Å². The Morgan fingerprint density at radius 2 is 2.18 bits per heavy atom. The van der Waals surface area contributed by atoms with Crippen molar-refractivity contribution >= 4 is 15.9 Å². The first-order valence-electron chi connectivity index (χ1n) is 5.01. The van der Waals surface area contributed by atoms with Gasteiger partial charge in [0.25, 0.3) is 5.88 Å². The summed E-state index contributed by atoms with van der Waals surface area (Å²) in [5.41, 5.74) is 0.639. The maximum atomic E-state index is 11.0. The molecule has 0 aliphatic carbocycles. The van der Waals surface area contributed by atoms with E-state index in [4.69, 9.17) is 9.47 Å². The minimum absolute atomic E-state index is 0.378. The zero-order chi connectivity index (χ0) is 12.9. The third-order valence-corrected chi connectivity index (χ3v) is 2.47. The number of pyridine rings is 1. The number of hydrogen-bond acceptors (Lipinski definition) is 5. The molecule has 0 aliphatic heterocycles. The maximum absolute atomic E-state index is 11.0. The molecule has 1 aromatic rings. The molecule has 0 aromatic carbocycles. The Bertz CT molecular complexity index is 508. The average Bonchev–Trinajstić information content (AvgIpc) is 2.26. The number of hydrogen-bond donors (Lipinski definition) is 0. The van der Waals surface area contributed by atoms with Crippen molar-refractivity contribution in [2.45, 2.75) is 6.92 Å². The van der Waals surface area contributed by atoms with Gasteiger partial charge in [-0.05, 0) is 24.6 Å². The van der Waals surface area contributed by atoms with E-state index >= 15 is 0 Å². The molecule has 0 atom stereocenters. The monoisotopic (exact) mass is 257 g/mol. The fourth-order valence-electron chi connectivity index (χ4n) is 1.15. The molecule has 0 radical (unpaired) electrons. The highest BCUT2D eigenvalue weighted by molar-refractivity contribution is 7.93. The Morgan fingerprint density at radius 3 is 2.71 bits per heavy atom. The van der Waals surface area contributed by atoms with Crippen molar-refractivity contribution in [3.8, 4) is 11.6 Å². The van der Waals surface area contributed by atoms with Crippen LogP contribution in [0.3, 0.4) is 0 Å². The Hall–Kier alpha value is -1.56. The van der Waals surface area contributed by atoms with E-state index in [0.29, 0.717) is 23.8 Å². The molecule has 0 N–H and O–H groups in total. The largest absolute Gasteiger partial charge is 0.488 e. The van der Waals surface area contributed by atoms with Gasteiger partial charge in [-0.3, -0.25) is 0 Å². The molecule has 1 rings (SSSR count). The van der Waals surface area contributed by atoms with E-state index in [9.17, 15) is 8.42 Å². The van der Waals surface area contributed by atoms with Crippen LogP contribution in [0.4, 0.5) is 0 Å². The number of aromatic nitrogens is 1. The third-order valence-electron chi connectivity index (χ3n) is 1.84. The molecule has 0 fully saturated rings. The van der Waals surface area contributed by atoms with Gasteiger partial charge in [-0.25, -0.2) is 13.4 Å². The molecule has 0 unspecified atom stereocenters. The summed E-state index contributed by atoms with van der Waals surface area (Å²) in [6.07, 6.45) is 4.11. The molecule has 17 heavy (non-hydrogen) atoms. The molecular weight excluding hydrogens is 242 g/mol. The normalized spacial score (nSPS) is 11.7. The van der Waals surface area contributed by atoms with Gasteiger partial charge in [0.1, 0.15) is 0 Å². The van der Waals surface area contributed by atoms with Gasteiger partial charge in [-0.15, -0.1) is 0 Å². The second-order valence-electron chi connectivity index (χ2n) is 3.34. The zero-order valence-corrected chi connectivity index (χ0v) is 10.8. The van der Waals surface area contributed by atoms with Crippen LogP contribution in [0.15, 0.2) is 17.7 Å². The van der Waals surface area contributed by atoms with Crippen LogP contribution in [-0.4, -0.2) is 33.4 Å². The first-order valence-corrected chi connectivity index (χ1v) is 6.96. The van der Waals surface area contributed by atoms with Crippen LogP contribution in [0.2, 0.25) is 0 Å². The second kappa shape index (κ2) is 5.67. The topological polar surface area (TPSA) is 65.5 Å². The van der Waals surface area contributed by atoms with E-state index in [1.165, 1.54) is 19.4 Å². The Balaban J connectivity index is 3.04. The molecule has 5 nitrogen and oxygen atoms in total. The summed E-state index contributed by atoms with van der Waals surface area (Å²) in [6, 6.07) is 1.68. The number of sulfone groups is 1. The van der Waals surface area contributed by atoms with Gasteiger partial charge < -0.3 is 9.47 Å². The fraction of sp³-hybridized carbons (Fsp3) is 0.364. The predicted octanol–water partition coefficient (Wildman–Crippen LogP) is 1.50. The SMILES string of the molecule is CCOc1cc(C=CS(C)(=O)=O)cnc1OC. The van der Waals surface area contributed by atoms with Gasteiger partial charge in [0, 0.05) is 17.9 Å². The Morgan fingerprint density at radius 1 is 1.47 bits per heavy atom. The van der Waals surface area contributed by atoms with E-state index in [2.05, 4.69) is 4.98 Å². The van der Waals surface area contributed by atoms with E-state index in [0.717, 1.165) is 11.7 Å². The van der Waals surface area contributed by atoms with Gasteiger partial charge in [-0.1, -0.05) is 0 Å². The van der Waals surface area contributed by atoms with E-state index in [-0.39, 0.29) is 0 Å². The highest BCUT2D eigenvalue weighted by Gasteiger charge is 2.05. The fourth-order valence-corrected chi connectivity index (χ4v) is 1.56. The van der Waals surface area contributed by atoms with Crippen molar-refractivity contribution in [2.75, 3.05) is 20.0 Å². The van der Waals surface area contributed by atoms with Crippen LogP contribution < -0.4 is 9.47 Å². The lowest BCUT2D eigenvalue weighted by atomic mass is 10.3. The van der Waals surface area contributed by atoms with Crippen LogP contribution in [0, 0.1) is 0 Å². The number of nitrogens with zero attached hydrogens (tertiary/aromatic N) is 1. The van der Waals surface area contributed by atoms with Crippen LogP contribution in [0.25, 0.3) is 6.08 Å². The lowest BCUT2D eigenvalue weighted by Crippen LogP contribution is -1.97. The van der Waals surface area contributed by atoms with Crippen molar-refractivity contribution in [3.63, 3.8) is 0 Å². The molecule has 0 saturated carbocycles. The van der Waals surface area contributed by atoms with Crippen molar-refractivity contribution in [3.05, 3.63) is 23.2 Å². The van der Waals surface area contributed by atoms with Crippen LogP contribution in [-0.2, 0) is 9.84 Å². The highest BCUT2D eigenvalue weighted by Crippen LogP contribution is 2.25. The number of methoxy groups -OCH3 is 1. The van der Waals surface area contributed by atoms with E-state index < -0.39 is 9.84 Å². The third kappa shape index (κ3) is 4.44. The molecule has 1 aromatic heterocycles. The first kappa shape index (κ1) is 13.5. The van der Waals surface area contributed by atoms with Crippen molar-refractivity contribution in [1.29, 1.82) is 0 Å². The van der Waals surface area contributed by atoms with Crippen molar-refractivity contribution in [2.24, 2.45) is 0 Å². The quantitative estimate of drug-likeness (QED) is 0.799. The zero-order valence-electron chi connectivity index (χ0n) is 10.0. The predicted molar refractivity (Wildman–Crippen MR) is 65.8 cm³/mol. The lowest BCUT2D eigenvalue weighted by molar-refractivity contribution is 0.304. The van der Waals surface area contributed by atoms with Gasteiger partial charge in [-0.2, -0.15) is 0 Å². The molecule has 0 bridgehead atoms. The molecule has 0 aliphatic rings. The maximum Gasteiger partial charge on any atom is 0.256 e.